The molecule has 0 aromatic heterocycles. The second-order valence-electron chi connectivity index (χ2n) is 8.00. The molecular formula is C24H30N2O3. The lowest BCUT2D eigenvalue weighted by Gasteiger charge is -2.43. The van der Waals surface area contributed by atoms with Crippen LogP contribution in [0.2, 0.25) is 0 Å². The van der Waals surface area contributed by atoms with Crippen molar-refractivity contribution in [3.05, 3.63) is 66.2 Å². The fourth-order valence-corrected chi connectivity index (χ4v) is 4.28. The molecule has 1 atom stereocenters. The highest BCUT2D eigenvalue weighted by molar-refractivity contribution is 5.75. The number of hydrogen-bond acceptors (Lipinski definition) is 4. The Labute approximate surface area is 172 Å². The molecule has 5 nitrogen and oxygen atoms in total. The summed E-state index contributed by atoms with van der Waals surface area (Å²) >= 11 is 0. The fraction of sp³-hybridized carbons (Fsp3) is 0.417. The van der Waals surface area contributed by atoms with Gasteiger partial charge in [0.1, 0.15) is 6.29 Å². The summed E-state index contributed by atoms with van der Waals surface area (Å²) in [5.74, 6) is -0.713. The van der Waals surface area contributed by atoms with E-state index in [4.69, 9.17) is 0 Å². The van der Waals surface area contributed by atoms with E-state index in [9.17, 15) is 14.7 Å². The highest BCUT2D eigenvalue weighted by atomic mass is 16.4. The van der Waals surface area contributed by atoms with Crippen molar-refractivity contribution in [1.82, 2.24) is 4.90 Å². The lowest BCUT2D eigenvalue weighted by Crippen LogP contribution is -2.46. The lowest BCUT2D eigenvalue weighted by molar-refractivity contribution is -0.152. The van der Waals surface area contributed by atoms with Crippen molar-refractivity contribution in [2.45, 2.75) is 31.7 Å². The second kappa shape index (κ2) is 9.70. The van der Waals surface area contributed by atoms with E-state index in [1.54, 1.807) is 0 Å². The summed E-state index contributed by atoms with van der Waals surface area (Å²) in [6.45, 7) is 2.13. The number of carbonyl (C=O) groups excluding carboxylic acids is 1. The number of hydrogen-bond donors (Lipinski definition) is 1. The first-order chi connectivity index (χ1) is 14.1. The number of nitrogens with zero attached hydrogens (tertiary/aromatic N) is 2. The number of carboxylic acids is 1. The van der Waals surface area contributed by atoms with Crippen LogP contribution < -0.4 is 4.90 Å². The largest absolute Gasteiger partial charge is 0.481 e. The highest BCUT2D eigenvalue weighted by Crippen LogP contribution is 2.43. The fourth-order valence-electron chi connectivity index (χ4n) is 4.28. The van der Waals surface area contributed by atoms with Crippen LogP contribution in [0.4, 0.5) is 5.69 Å². The third kappa shape index (κ3) is 5.04. The first kappa shape index (κ1) is 21.1. The number of benzene rings is 2. The minimum absolute atomic E-state index is 0.113. The van der Waals surface area contributed by atoms with Gasteiger partial charge in [0.05, 0.1) is 11.5 Å². The second-order valence-corrected chi connectivity index (χ2v) is 8.00. The number of aldehydes is 1. The number of likely N-dealkylation sites (tertiary alicyclic amines) is 1. The number of carbonyl (C=O) groups is 2. The van der Waals surface area contributed by atoms with E-state index in [1.807, 2.05) is 55.6 Å². The number of piperidine rings is 1. The molecule has 0 bridgehead atoms. The Balaban J connectivity index is 2.01. The molecule has 1 unspecified atom stereocenters. The normalized spacial score (nSPS) is 17.4. The smallest absolute Gasteiger partial charge is 0.309 e. The average Bonchev–Trinajstić information content (AvgIpc) is 2.76. The molecule has 1 aliphatic rings. The predicted octanol–water partition coefficient (Wildman–Crippen LogP) is 4.01. The van der Waals surface area contributed by atoms with E-state index in [1.165, 1.54) is 0 Å². The zero-order chi connectivity index (χ0) is 20.7. The summed E-state index contributed by atoms with van der Waals surface area (Å²) < 4.78 is 0. The zero-order valence-corrected chi connectivity index (χ0v) is 17.0. The average molecular weight is 395 g/mol. The molecule has 1 N–H and O–H groups in total. The van der Waals surface area contributed by atoms with Crippen LogP contribution in [0.5, 0.6) is 0 Å². The molecule has 0 radical (unpaired) electrons. The van der Waals surface area contributed by atoms with Gasteiger partial charge in [-0.05, 0) is 57.1 Å². The predicted molar refractivity (Wildman–Crippen MR) is 115 cm³/mol. The molecule has 1 aliphatic heterocycles. The van der Waals surface area contributed by atoms with Gasteiger partial charge in [0.25, 0.3) is 0 Å². The summed E-state index contributed by atoms with van der Waals surface area (Å²) in [5, 5.41) is 10.2. The molecule has 1 heterocycles. The van der Waals surface area contributed by atoms with Crippen LogP contribution in [-0.2, 0) is 9.59 Å². The van der Waals surface area contributed by atoms with Crippen molar-refractivity contribution in [3.8, 4) is 0 Å². The summed E-state index contributed by atoms with van der Waals surface area (Å²) in [5.41, 5.74) is 1.33. The molecular weight excluding hydrogens is 364 g/mol. The maximum absolute atomic E-state index is 12.4. The molecule has 1 fully saturated rings. The van der Waals surface area contributed by atoms with Crippen molar-refractivity contribution < 1.29 is 14.7 Å². The van der Waals surface area contributed by atoms with Gasteiger partial charge in [-0.2, -0.15) is 0 Å². The van der Waals surface area contributed by atoms with Gasteiger partial charge in [-0.1, -0.05) is 48.5 Å². The van der Waals surface area contributed by atoms with Crippen molar-refractivity contribution >= 4 is 17.9 Å². The number of rotatable bonds is 9. The summed E-state index contributed by atoms with van der Waals surface area (Å²) in [7, 11) is 2.04. The van der Waals surface area contributed by atoms with Crippen LogP contribution in [0.1, 0.15) is 37.3 Å². The monoisotopic (exact) mass is 394 g/mol. The lowest BCUT2D eigenvalue weighted by atomic mass is 9.72. The van der Waals surface area contributed by atoms with Crippen molar-refractivity contribution in [1.29, 1.82) is 0 Å². The molecule has 0 aliphatic carbocycles. The quantitative estimate of drug-likeness (QED) is 0.651. The van der Waals surface area contributed by atoms with E-state index in [0.29, 0.717) is 32.2 Å². The van der Waals surface area contributed by atoms with Gasteiger partial charge in [-0.3, -0.25) is 4.79 Å². The van der Waals surface area contributed by atoms with Gasteiger partial charge in [-0.25, -0.2) is 0 Å². The summed E-state index contributed by atoms with van der Waals surface area (Å²) in [6.07, 6.45) is 3.13. The van der Waals surface area contributed by atoms with Gasteiger partial charge in [0.15, 0.2) is 0 Å². The SMILES string of the molecule is CN1CCC(CC(c2ccccc2)N(CCC=O)c2ccccc2)(C(=O)O)CC1. The molecule has 5 heteroatoms. The third-order valence-corrected chi connectivity index (χ3v) is 6.12. The third-order valence-electron chi connectivity index (χ3n) is 6.12. The minimum Gasteiger partial charge on any atom is -0.481 e. The van der Waals surface area contributed by atoms with Crippen LogP contribution in [0.15, 0.2) is 60.7 Å². The van der Waals surface area contributed by atoms with E-state index in [2.05, 4.69) is 21.9 Å². The van der Waals surface area contributed by atoms with Gasteiger partial charge in [-0.15, -0.1) is 0 Å². The first-order valence-corrected chi connectivity index (χ1v) is 10.3. The minimum atomic E-state index is -0.763. The van der Waals surface area contributed by atoms with Gasteiger partial charge in [0, 0.05) is 18.7 Å². The van der Waals surface area contributed by atoms with Gasteiger partial charge < -0.3 is 19.7 Å². The van der Waals surface area contributed by atoms with E-state index in [0.717, 1.165) is 30.6 Å². The molecule has 0 spiro atoms. The van der Waals surface area contributed by atoms with Gasteiger partial charge >= 0.3 is 5.97 Å². The summed E-state index contributed by atoms with van der Waals surface area (Å²) in [4.78, 5) is 28.0. The molecule has 2 aromatic rings. The molecule has 154 valence electrons. The topological polar surface area (TPSA) is 60.9 Å². The van der Waals surface area contributed by atoms with Gasteiger partial charge in [0.2, 0.25) is 0 Å². The Hall–Kier alpha value is -2.66. The van der Waals surface area contributed by atoms with Crippen LogP contribution >= 0.6 is 0 Å². The number of para-hydroxylation sites is 1. The Morgan fingerprint density at radius 2 is 1.69 bits per heavy atom. The van der Waals surface area contributed by atoms with Crippen LogP contribution in [0.25, 0.3) is 0 Å². The Morgan fingerprint density at radius 1 is 1.10 bits per heavy atom. The first-order valence-electron chi connectivity index (χ1n) is 10.3. The highest BCUT2D eigenvalue weighted by Gasteiger charge is 2.44. The molecule has 3 rings (SSSR count). The molecule has 29 heavy (non-hydrogen) atoms. The number of anilines is 1. The maximum Gasteiger partial charge on any atom is 0.309 e. The zero-order valence-electron chi connectivity index (χ0n) is 17.0. The molecule has 2 aromatic carbocycles. The van der Waals surface area contributed by atoms with Crippen molar-refractivity contribution in [2.75, 3.05) is 31.6 Å². The Morgan fingerprint density at radius 3 is 2.24 bits per heavy atom. The standard InChI is InChI=1S/C24H30N2O3/c1-25-16-13-24(14-17-25,23(28)29)19-22(20-9-4-2-5-10-20)26(15-8-18-27)21-11-6-3-7-12-21/h2-7,9-12,18,22H,8,13-17,19H2,1H3,(H,28,29). The van der Waals surface area contributed by atoms with E-state index >= 15 is 0 Å². The van der Waals surface area contributed by atoms with Crippen LogP contribution in [0.3, 0.4) is 0 Å². The van der Waals surface area contributed by atoms with Crippen molar-refractivity contribution in [2.24, 2.45) is 5.41 Å². The van der Waals surface area contributed by atoms with Crippen LogP contribution in [-0.4, -0.2) is 48.9 Å². The number of carboxylic acid groups (broad SMARTS) is 1. The molecule has 0 amide bonds. The van der Waals surface area contributed by atoms with Crippen LogP contribution in [0, 0.1) is 5.41 Å². The molecule has 0 saturated carbocycles. The van der Waals surface area contributed by atoms with E-state index in [-0.39, 0.29) is 6.04 Å². The summed E-state index contributed by atoms with van der Waals surface area (Å²) in [6, 6.07) is 20.0. The Kier molecular flexibility index (Phi) is 7.04. The Bertz CT molecular complexity index is 786. The van der Waals surface area contributed by atoms with Crippen molar-refractivity contribution in [3.63, 3.8) is 0 Å². The maximum atomic E-state index is 12.4. The molecule has 1 saturated heterocycles. The van der Waals surface area contributed by atoms with E-state index < -0.39 is 11.4 Å². The number of aliphatic carboxylic acids is 1.